The fourth-order valence-corrected chi connectivity index (χ4v) is 9.41. The van der Waals surface area contributed by atoms with Crippen LogP contribution in [0.4, 0.5) is 11.4 Å². The van der Waals surface area contributed by atoms with Crippen molar-refractivity contribution in [2.24, 2.45) is 11.8 Å². The topological polar surface area (TPSA) is 90.4 Å². The zero-order valence-corrected chi connectivity index (χ0v) is 25.7. The number of nitrogens with zero attached hydrogens (tertiary/aromatic N) is 3. The van der Waals surface area contributed by atoms with Gasteiger partial charge in [0.2, 0.25) is 5.91 Å². The van der Waals surface area contributed by atoms with Gasteiger partial charge in [0.1, 0.15) is 6.04 Å². The van der Waals surface area contributed by atoms with Gasteiger partial charge < -0.3 is 24.5 Å². The van der Waals surface area contributed by atoms with Crippen molar-refractivity contribution in [1.82, 2.24) is 4.90 Å². The molecular formula is C32H45N3O5S. The van der Waals surface area contributed by atoms with E-state index in [9.17, 15) is 19.5 Å². The molecule has 4 rings (SSSR count). The average molecular weight is 584 g/mol. The number of ether oxygens (including phenoxy) is 1. The molecule has 3 heterocycles. The third-order valence-electron chi connectivity index (χ3n) is 9.11. The number of fused-ring (bicyclic) bond motifs is 1. The van der Waals surface area contributed by atoms with Gasteiger partial charge in [0.05, 0.1) is 35.8 Å². The second-order valence-corrected chi connectivity index (χ2v) is 13.4. The van der Waals surface area contributed by atoms with Gasteiger partial charge in [0, 0.05) is 35.8 Å². The van der Waals surface area contributed by atoms with Crippen molar-refractivity contribution in [1.29, 1.82) is 0 Å². The summed E-state index contributed by atoms with van der Waals surface area (Å²) in [5, 5.41) is 10.2. The lowest BCUT2D eigenvalue weighted by atomic mass is 9.66. The van der Waals surface area contributed by atoms with Crippen LogP contribution in [0.1, 0.15) is 53.4 Å². The number of anilines is 2. The maximum atomic E-state index is 14.6. The van der Waals surface area contributed by atoms with Crippen LogP contribution < -0.4 is 9.80 Å². The number of aliphatic hydroxyl groups excluding tert-OH is 1. The first-order chi connectivity index (χ1) is 19.6. The number of aliphatic hydroxyl groups is 1. The standard InChI is InChI=1S/C32H45N3O5S/c1-7-11-12-20-40-30(39)26-25-28(37)35(22(5)21-36)27(32(25)18-17-31(26,6)41-32)29(38)34(19-8-2)24-15-13-23(14-16-24)33(9-3)10-4/h7-8,13-16,22,25-27,36H,1-2,9-12,17-21H2,3-6H3/t22-,25+,26-,27?,31+,32?/m1/s1. The smallest absolute Gasteiger partial charge is 0.311 e. The van der Waals surface area contributed by atoms with Crippen molar-refractivity contribution < 1.29 is 24.2 Å². The lowest BCUT2D eigenvalue weighted by Crippen LogP contribution is -2.57. The third-order valence-corrected chi connectivity index (χ3v) is 11.1. The molecule has 9 heteroatoms. The summed E-state index contributed by atoms with van der Waals surface area (Å²) in [4.78, 5) is 47.8. The van der Waals surface area contributed by atoms with E-state index in [0.29, 0.717) is 19.3 Å². The van der Waals surface area contributed by atoms with E-state index in [1.54, 1.807) is 40.6 Å². The summed E-state index contributed by atoms with van der Waals surface area (Å²) in [7, 11) is 0. The predicted octanol–water partition coefficient (Wildman–Crippen LogP) is 4.42. The lowest BCUT2D eigenvalue weighted by molar-refractivity contribution is -0.156. The fourth-order valence-electron chi connectivity index (χ4n) is 7.08. The van der Waals surface area contributed by atoms with Gasteiger partial charge >= 0.3 is 5.97 Å². The Morgan fingerprint density at radius 2 is 1.83 bits per heavy atom. The van der Waals surface area contributed by atoms with Gasteiger partial charge in [-0.3, -0.25) is 14.4 Å². The molecule has 1 aromatic carbocycles. The molecule has 3 saturated heterocycles. The molecule has 8 nitrogen and oxygen atoms in total. The number of allylic oxidation sites excluding steroid dienone is 1. The van der Waals surface area contributed by atoms with Crippen molar-refractivity contribution in [3.05, 3.63) is 49.6 Å². The minimum atomic E-state index is -0.824. The Kier molecular flexibility index (Phi) is 9.59. The minimum Gasteiger partial charge on any atom is -0.465 e. The molecule has 3 aliphatic rings. The third kappa shape index (κ3) is 5.31. The molecule has 2 bridgehead atoms. The van der Waals surface area contributed by atoms with Crippen molar-refractivity contribution in [2.45, 2.75) is 75.0 Å². The Morgan fingerprint density at radius 3 is 2.41 bits per heavy atom. The second-order valence-electron chi connectivity index (χ2n) is 11.5. The van der Waals surface area contributed by atoms with Crippen molar-refractivity contribution in [3.63, 3.8) is 0 Å². The average Bonchev–Trinajstić information content (AvgIpc) is 3.55. The van der Waals surface area contributed by atoms with E-state index in [1.165, 1.54) is 0 Å². The number of rotatable bonds is 14. The van der Waals surface area contributed by atoms with Crippen LogP contribution in [-0.4, -0.2) is 82.2 Å². The summed E-state index contributed by atoms with van der Waals surface area (Å²) in [6.07, 6.45) is 6.23. The van der Waals surface area contributed by atoms with Crippen LogP contribution >= 0.6 is 11.8 Å². The molecule has 224 valence electrons. The van der Waals surface area contributed by atoms with Crippen LogP contribution in [0, 0.1) is 11.8 Å². The molecule has 1 N–H and O–H groups in total. The van der Waals surface area contributed by atoms with E-state index >= 15 is 0 Å². The van der Waals surface area contributed by atoms with Gasteiger partial charge in [-0.05, 0) is 77.6 Å². The summed E-state index contributed by atoms with van der Waals surface area (Å²) in [5.74, 6) is -2.16. The van der Waals surface area contributed by atoms with E-state index < -0.39 is 33.4 Å². The number of likely N-dealkylation sites (tertiary alicyclic amines) is 1. The summed E-state index contributed by atoms with van der Waals surface area (Å²) in [6, 6.07) is 6.49. The lowest BCUT2D eigenvalue weighted by Gasteiger charge is -2.39. The largest absolute Gasteiger partial charge is 0.465 e. The maximum Gasteiger partial charge on any atom is 0.311 e. The Morgan fingerprint density at radius 1 is 1.17 bits per heavy atom. The van der Waals surface area contributed by atoms with Crippen molar-refractivity contribution in [3.8, 4) is 0 Å². The Bertz CT molecular complexity index is 1150. The zero-order valence-electron chi connectivity index (χ0n) is 24.9. The van der Waals surface area contributed by atoms with E-state index in [4.69, 9.17) is 4.74 Å². The maximum absolute atomic E-state index is 14.6. The quantitative estimate of drug-likeness (QED) is 0.197. The predicted molar refractivity (Wildman–Crippen MR) is 165 cm³/mol. The normalized spacial score (nSPS) is 28.8. The van der Waals surface area contributed by atoms with Gasteiger partial charge in [-0.15, -0.1) is 24.9 Å². The molecule has 3 fully saturated rings. The Labute approximate surface area is 248 Å². The number of hydrogen-bond donors (Lipinski definition) is 1. The van der Waals surface area contributed by atoms with Crippen LogP contribution in [0.5, 0.6) is 0 Å². The van der Waals surface area contributed by atoms with E-state index in [2.05, 4.69) is 31.9 Å². The number of esters is 1. The first kappa shape index (κ1) is 31.2. The monoisotopic (exact) mass is 583 g/mol. The first-order valence-electron chi connectivity index (χ1n) is 14.8. The summed E-state index contributed by atoms with van der Waals surface area (Å²) < 4.78 is 4.41. The molecule has 0 saturated carbocycles. The molecule has 2 amide bonds. The molecule has 1 aromatic rings. The van der Waals surface area contributed by atoms with Crippen molar-refractivity contribution in [2.75, 3.05) is 42.6 Å². The van der Waals surface area contributed by atoms with Gasteiger partial charge in [0.15, 0.2) is 0 Å². The highest BCUT2D eigenvalue weighted by molar-refractivity contribution is 8.02. The van der Waals surface area contributed by atoms with Crippen LogP contribution in [0.25, 0.3) is 0 Å². The highest BCUT2D eigenvalue weighted by Gasteiger charge is 2.78. The Balaban J connectivity index is 1.72. The van der Waals surface area contributed by atoms with E-state index in [-0.39, 0.29) is 37.5 Å². The van der Waals surface area contributed by atoms with Crippen LogP contribution in [0.15, 0.2) is 49.6 Å². The number of hydrogen-bond acceptors (Lipinski definition) is 7. The molecule has 6 atom stereocenters. The van der Waals surface area contributed by atoms with Crippen LogP contribution in [0.2, 0.25) is 0 Å². The van der Waals surface area contributed by atoms with Crippen LogP contribution in [-0.2, 0) is 19.1 Å². The van der Waals surface area contributed by atoms with Gasteiger partial charge in [-0.1, -0.05) is 12.2 Å². The zero-order chi connectivity index (χ0) is 29.9. The fraction of sp³-hybridized carbons (Fsp3) is 0.594. The SMILES string of the molecule is C=CCCCOC(=O)[C@H]1[C@H]2C(=O)N([C@H](C)CO)C(C(=O)N(CC=C)c3ccc(N(CC)CC)cc3)C23CC[C@]1(C)S3. The molecule has 0 aliphatic carbocycles. The van der Waals surface area contributed by atoms with Crippen molar-refractivity contribution >= 4 is 40.9 Å². The highest BCUT2D eigenvalue weighted by Crippen LogP contribution is 2.71. The first-order valence-corrected chi connectivity index (χ1v) is 15.6. The molecule has 2 unspecified atom stereocenters. The molecule has 3 aliphatic heterocycles. The molecule has 41 heavy (non-hydrogen) atoms. The van der Waals surface area contributed by atoms with Gasteiger partial charge in [-0.2, -0.15) is 0 Å². The summed E-state index contributed by atoms with van der Waals surface area (Å²) >= 11 is 1.61. The number of carbonyl (C=O) groups excluding carboxylic acids is 3. The number of thioether (sulfide) groups is 1. The molecule has 0 aromatic heterocycles. The minimum absolute atomic E-state index is 0.214. The number of unbranched alkanes of at least 4 members (excludes halogenated alkanes) is 1. The Hall–Kier alpha value is -2.78. The highest BCUT2D eigenvalue weighted by atomic mass is 32.2. The van der Waals surface area contributed by atoms with Gasteiger partial charge in [-0.25, -0.2) is 0 Å². The molecule has 1 spiro atoms. The molecule has 0 radical (unpaired) electrons. The van der Waals surface area contributed by atoms with E-state index in [1.807, 2.05) is 31.2 Å². The molecular weight excluding hydrogens is 538 g/mol. The summed E-state index contributed by atoms with van der Waals surface area (Å²) in [5.41, 5.74) is 1.79. The van der Waals surface area contributed by atoms with Gasteiger partial charge in [0.25, 0.3) is 5.91 Å². The summed E-state index contributed by atoms with van der Waals surface area (Å²) in [6.45, 7) is 17.6. The number of amides is 2. The van der Waals surface area contributed by atoms with Crippen LogP contribution in [0.3, 0.4) is 0 Å². The second kappa shape index (κ2) is 12.6. The van der Waals surface area contributed by atoms with E-state index in [0.717, 1.165) is 30.9 Å². The number of carbonyl (C=O) groups is 3. The number of benzene rings is 1.